The van der Waals surface area contributed by atoms with Crippen LogP contribution in [0.5, 0.6) is 0 Å². The van der Waals surface area contributed by atoms with Crippen molar-refractivity contribution in [2.75, 3.05) is 18.5 Å². The fourth-order valence-electron chi connectivity index (χ4n) is 4.51. The summed E-state index contributed by atoms with van der Waals surface area (Å²) >= 11 is 0. The zero-order valence-corrected chi connectivity index (χ0v) is 21.9. The molecule has 1 aliphatic heterocycles. The largest absolute Gasteiger partial charge is 0.379 e. The van der Waals surface area contributed by atoms with Crippen molar-refractivity contribution in [2.45, 2.75) is 50.4 Å². The van der Waals surface area contributed by atoms with E-state index in [1.807, 2.05) is 16.8 Å². The molecule has 2 aliphatic rings. The predicted octanol–water partition coefficient (Wildman–Crippen LogP) is 2.87. The van der Waals surface area contributed by atoms with Crippen LogP contribution < -0.4 is 10.6 Å². The summed E-state index contributed by atoms with van der Waals surface area (Å²) in [7, 11) is -3.47. The molecule has 2 fully saturated rings. The minimum absolute atomic E-state index is 0.0155. The van der Waals surface area contributed by atoms with Crippen LogP contribution in [0.1, 0.15) is 49.5 Å². The first-order valence-electron chi connectivity index (χ1n) is 12.6. The van der Waals surface area contributed by atoms with E-state index in [4.69, 9.17) is 4.74 Å². The Morgan fingerprint density at radius 3 is 2.71 bits per heavy atom. The number of fused-ring (bicyclic) bond motifs is 1. The number of anilines is 2. The lowest BCUT2D eigenvalue weighted by atomic mass is 10.2. The van der Waals surface area contributed by atoms with Crippen molar-refractivity contribution in [2.24, 2.45) is 0 Å². The van der Waals surface area contributed by atoms with E-state index < -0.39 is 10.0 Å². The van der Waals surface area contributed by atoms with Crippen LogP contribution in [-0.4, -0.2) is 67.5 Å². The maximum atomic E-state index is 13.0. The van der Waals surface area contributed by atoms with Crippen molar-refractivity contribution < 1.29 is 17.9 Å². The number of carbonyl (C=O) groups excluding carboxylic acids is 1. The summed E-state index contributed by atoms with van der Waals surface area (Å²) < 4.78 is 33.4. The van der Waals surface area contributed by atoms with Gasteiger partial charge in [-0.25, -0.2) is 23.4 Å². The van der Waals surface area contributed by atoms with E-state index >= 15 is 0 Å². The monoisotopic (exact) mass is 536 g/mol. The highest BCUT2D eigenvalue weighted by molar-refractivity contribution is 7.90. The van der Waals surface area contributed by atoms with Gasteiger partial charge in [0.05, 0.1) is 46.9 Å². The Morgan fingerprint density at radius 2 is 1.97 bits per heavy atom. The lowest BCUT2D eigenvalue weighted by molar-refractivity contribution is 0.0931. The molecule has 5 heterocycles. The van der Waals surface area contributed by atoms with Crippen molar-refractivity contribution in [3.8, 4) is 11.4 Å². The van der Waals surface area contributed by atoms with E-state index in [1.54, 1.807) is 18.5 Å². The second-order valence-corrected chi connectivity index (χ2v) is 12.0. The molecule has 0 aromatic carbocycles. The smallest absolute Gasteiger partial charge is 0.256 e. The van der Waals surface area contributed by atoms with Crippen LogP contribution in [-0.2, 0) is 14.8 Å². The lowest BCUT2D eigenvalue weighted by Gasteiger charge is -2.10. The molecule has 2 N–H and O–H groups in total. The Balaban J connectivity index is 1.26. The molecule has 1 unspecified atom stereocenters. The normalized spacial score (nSPS) is 17.8. The third-order valence-corrected chi connectivity index (χ3v) is 8.76. The average Bonchev–Trinajstić information content (AvgIpc) is 3.28. The standard InChI is InChI=1S/C25H28N8O4S/c1-15(2)32-13-20(25(34)29-17-6-8-37-14-17)19-11-27-23(9-21(19)32)30-22-5-7-26-24(31-22)16-10-28-33(12-16)38(35,36)18-3-4-18/h5,7,9-13,15,17-18H,3-4,6,8,14H2,1-2H3,(H,29,34)(H,26,27,30,31). The molecule has 1 saturated heterocycles. The Bertz CT molecular complexity index is 1620. The third-order valence-electron chi connectivity index (χ3n) is 6.72. The maximum absolute atomic E-state index is 13.0. The predicted molar refractivity (Wildman–Crippen MR) is 141 cm³/mol. The van der Waals surface area contributed by atoms with Crippen LogP contribution in [0.2, 0.25) is 0 Å². The number of hydrogen-bond donors (Lipinski definition) is 2. The first kappa shape index (κ1) is 24.5. The van der Waals surface area contributed by atoms with Crippen molar-refractivity contribution in [3.63, 3.8) is 0 Å². The summed E-state index contributed by atoms with van der Waals surface area (Å²) in [5, 5.41) is 10.7. The van der Waals surface area contributed by atoms with E-state index in [2.05, 4.69) is 44.5 Å². The Morgan fingerprint density at radius 1 is 1.13 bits per heavy atom. The van der Waals surface area contributed by atoms with Crippen molar-refractivity contribution in [1.82, 2.24) is 34.0 Å². The molecular formula is C25H28N8O4S. The van der Waals surface area contributed by atoms with Gasteiger partial charge in [0.2, 0.25) is 0 Å². The first-order valence-corrected chi connectivity index (χ1v) is 14.1. The fraction of sp³-hybridized carbons (Fsp3) is 0.400. The minimum Gasteiger partial charge on any atom is -0.379 e. The van der Waals surface area contributed by atoms with E-state index in [0.29, 0.717) is 54.6 Å². The van der Waals surface area contributed by atoms with E-state index in [0.717, 1.165) is 21.4 Å². The highest BCUT2D eigenvalue weighted by atomic mass is 32.2. The van der Waals surface area contributed by atoms with E-state index in [9.17, 15) is 13.2 Å². The van der Waals surface area contributed by atoms with Crippen molar-refractivity contribution in [3.05, 3.63) is 48.7 Å². The lowest BCUT2D eigenvalue weighted by Crippen LogP contribution is -2.34. The molecule has 4 aromatic heterocycles. The van der Waals surface area contributed by atoms with E-state index in [-0.39, 0.29) is 23.2 Å². The second-order valence-electron chi connectivity index (χ2n) is 9.90. The van der Waals surface area contributed by atoms with Gasteiger partial charge in [-0.15, -0.1) is 0 Å². The van der Waals surface area contributed by atoms with Crippen LogP contribution in [0, 0.1) is 0 Å². The molecule has 1 amide bonds. The molecule has 0 spiro atoms. The molecule has 1 saturated carbocycles. The summed E-state index contributed by atoms with van der Waals surface area (Å²) in [6.45, 7) is 5.29. The number of aromatic nitrogens is 6. The first-order chi connectivity index (χ1) is 18.3. The van der Waals surface area contributed by atoms with Gasteiger partial charge < -0.3 is 19.9 Å². The topological polar surface area (TPSA) is 146 Å². The highest BCUT2D eigenvalue weighted by Crippen LogP contribution is 2.31. The Kier molecular flexibility index (Phi) is 6.11. The third kappa shape index (κ3) is 4.63. The zero-order chi connectivity index (χ0) is 26.4. The minimum atomic E-state index is -3.47. The molecule has 0 radical (unpaired) electrons. The number of ether oxygens (including phenoxy) is 1. The summed E-state index contributed by atoms with van der Waals surface area (Å²) in [6.07, 6.45) is 10.1. The maximum Gasteiger partial charge on any atom is 0.256 e. The molecule has 13 heteroatoms. The molecule has 38 heavy (non-hydrogen) atoms. The number of carbonyl (C=O) groups is 1. The van der Waals surface area contributed by atoms with Gasteiger partial charge in [0.15, 0.2) is 5.82 Å². The number of nitrogens with zero attached hydrogens (tertiary/aromatic N) is 6. The van der Waals surface area contributed by atoms with Crippen molar-refractivity contribution >= 4 is 38.5 Å². The molecule has 6 rings (SSSR count). The molecule has 12 nitrogen and oxygen atoms in total. The number of rotatable bonds is 8. The average molecular weight is 537 g/mol. The second kappa shape index (κ2) is 9.48. The Labute approximate surface area is 219 Å². The highest BCUT2D eigenvalue weighted by Gasteiger charge is 2.37. The van der Waals surface area contributed by atoms with Gasteiger partial charge >= 0.3 is 0 Å². The van der Waals surface area contributed by atoms with Gasteiger partial charge in [0.1, 0.15) is 11.6 Å². The van der Waals surface area contributed by atoms with Gasteiger partial charge in [-0.05, 0) is 39.2 Å². The Hall–Kier alpha value is -3.84. The van der Waals surface area contributed by atoms with Gasteiger partial charge in [0, 0.05) is 42.7 Å². The van der Waals surface area contributed by atoms with Gasteiger partial charge in [0.25, 0.3) is 15.9 Å². The molecule has 4 aromatic rings. The molecular weight excluding hydrogens is 508 g/mol. The molecule has 198 valence electrons. The molecule has 1 atom stereocenters. The number of amides is 1. The summed E-state index contributed by atoms with van der Waals surface area (Å²) in [6, 6.07) is 3.72. The molecule has 1 aliphatic carbocycles. The molecule has 0 bridgehead atoms. The van der Waals surface area contributed by atoms with Crippen LogP contribution >= 0.6 is 0 Å². The number of nitrogens with one attached hydrogen (secondary N) is 2. The van der Waals surface area contributed by atoms with Gasteiger partial charge in [-0.1, -0.05) is 0 Å². The van der Waals surface area contributed by atoms with E-state index in [1.165, 1.54) is 12.4 Å². The van der Waals surface area contributed by atoms with Crippen molar-refractivity contribution in [1.29, 1.82) is 0 Å². The van der Waals surface area contributed by atoms with Crippen LogP contribution in [0.4, 0.5) is 11.6 Å². The number of hydrogen-bond acceptors (Lipinski definition) is 9. The van der Waals surface area contributed by atoms with Gasteiger partial charge in [-0.2, -0.15) is 9.19 Å². The van der Waals surface area contributed by atoms with Gasteiger partial charge in [-0.3, -0.25) is 4.79 Å². The number of pyridine rings is 1. The van der Waals surface area contributed by atoms with Crippen LogP contribution in [0.15, 0.2) is 43.1 Å². The summed E-state index contributed by atoms with van der Waals surface area (Å²) in [5.74, 6) is 1.23. The SMILES string of the molecule is CC(C)n1cc(C(=O)NC2CCOC2)c2cnc(Nc3ccnc(-c4cnn(S(=O)(=O)C5CC5)c4)n3)cc21. The summed E-state index contributed by atoms with van der Waals surface area (Å²) in [5.41, 5.74) is 1.94. The zero-order valence-electron chi connectivity index (χ0n) is 21.0. The fourth-order valence-corrected chi connectivity index (χ4v) is 5.99. The van der Waals surface area contributed by atoms with Crippen LogP contribution in [0.3, 0.4) is 0 Å². The summed E-state index contributed by atoms with van der Waals surface area (Å²) in [4.78, 5) is 26.4. The quantitative estimate of drug-likeness (QED) is 0.347. The van der Waals surface area contributed by atoms with Crippen LogP contribution in [0.25, 0.3) is 22.3 Å².